The first-order valence-corrected chi connectivity index (χ1v) is 9.39. The molecule has 2 rings (SSSR count). The number of nitrogens with zero attached hydrogens (tertiary/aromatic N) is 3. The molecule has 0 aliphatic carbocycles. The van der Waals surface area contributed by atoms with Crippen LogP contribution in [0.15, 0.2) is 30.3 Å². The van der Waals surface area contributed by atoms with Gasteiger partial charge in [0.05, 0.1) is 5.75 Å². The van der Waals surface area contributed by atoms with Crippen LogP contribution in [0, 0.1) is 12.7 Å². The van der Waals surface area contributed by atoms with Gasteiger partial charge in [0.1, 0.15) is 23.3 Å². The summed E-state index contributed by atoms with van der Waals surface area (Å²) in [6, 6.07) is 7.34. The van der Waals surface area contributed by atoms with Gasteiger partial charge in [0.15, 0.2) is 0 Å². The fraction of sp³-hybridized carbons (Fsp3) is 0.375. The van der Waals surface area contributed by atoms with Gasteiger partial charge in [0, 0.05) is 33.3 Å². The van der Waals surface area contributed by atoms with E-state index in [1.54, 1.807) is 19.1 Å². The van der Waals surface area contributed by atoms with Crippen molar-refractivity contribution in [3.63, 3.8) is 0 Å². The number of aryl methyl sites for hydroxylation is 1. The number of halogens is 1. The molecule has 0 fully saturated rings. The fourth-order valence-corrected chi connectivity index (χ4v) is 3.30. The Bertz CT molecular complexity index is 827. The maximum absolute atomic E-state index is 13.1. The lowest BCUT2D eigenvalue weighted by molar-refractivity contribution is 0.581. The molecule has 1 heterocycles. The van der Waals surface area contributed by atoms with Gasteiger partial charge in [-0.25, -0.2) is 27.5 Å². The Morgan fingerprint density at radius 3 is 2.60 bits per heavy atom. The molecule has 0 bridgehead atoms. The number of benzene rings is 1. The number of sulfonamides is 1. The molecule has 9 heteroatoms. The lowest BCUT2D eigenvalue weighted by atomic mass is 10.2. The maximum atomic E-state index is 13.1. The predicted molar refractivity (Wildman–Crippen MR) is 96.6 cm³/mol. The molecule has 0 aliphatic heterocycles. The Labute approximate surface area is 147 Å². The summed E-state index contributed by atoms with van der Waals surface area (Å²) in [4.78, 5) is 10.4. The first-order valence-electron chi connectivity index (χ1n) is 7.74. The molecule has 0 radical (unpaired) electrons. The summed E-state index contributed by atoms with van der Waals surface area (Å²) >= 11 is 0. The summed E-state index contributed by atoms with van der Waals surface area (Å²) < 4.78 is 39.7. The summed E-state index contributed by atoms with van der Waals surface area (Å²) in [5.74, 6) is 1.30. The van der Waals surface area contributed by atoms with Crippen molar-refractivity contribution < 1.29 is 12.8 Å². The first-order chi connectivity index (χ1) is 11.7. The average molecular weight is 367 g/mol. The molecule has 0 saturated carbocycles. The van der Waals surface area contributed by atoms with Gasteiger partial charge in [0.2, 0.25) is 10.0 Å². The summed E-state index contributed by atoms with van der Waals surface area (Å²) in [6.45, 7) is 2.35. The molecule has 0 atom stereocenters. The van der Waals surface area contributed by atoms with Crippen LogP contribution < -0.4 is 14.9 Å². The number of aromatic nitrogens is 2. The minimum absolute atomic E-state index is 0.192. The van der Waals surface area contributed by atoms with E-state index in [0.717, 1.165) is 5.82 Å². The largest absolute Gasteiger partial charge is 0.369 e. The highest BCUT2D eigenvalue weighted by Crippen LogP contribution is 2.13. The molecule has 0 saturated heterocycles. The van der Waals surface area contributed by atoms with Gasteiger partial charge in [-0.15, -0.1) is 0 Å². The van der Waals surface area contributed by atoms with Crippen molar-refractivity contribution in [2.75, 3.05) is 37.4 Å². The smallest absolute Gasteiger partial charge is 0.215 e. The van der Waals surface area contributed by atoms with Crippen LogP contribution in [0.3, 0.4) is 0 Å². The number of rotatable bonds is 8. The van der Waals surface area contributed by atoms with Crippen LogP contribution in [0.25, 0.3) is 0 Å². The summed E-state index contributed by atoms with van der Waals surface area (Å²) in [6.07, 6.45) is 0. The Kier molecular flexibility index (Phi) is 6.27. The molecule has 0 spiro atoms. The normalized spacial score (nSPS) is 11.4. The van der Waals surface area contributed by atoms with Gasteiger partial charge in [-0.1, -0.05) is 12.1 Å². The highest BCUT2D eigenvalue weighted by Gasteiger charge is 2.11. The molecule has 0 amide bonds. The molecule has 2 aromatic rings. The fourth-order valence-electron chi connectivity index (χ4n) is 2.17. The number of hydrogen-bond acceptors (Lipinski definition) is 6. The van der Waals surface area contributed by atoms with Crippen LogP contribution >= 0.6 is 0 Å². The van der Waals surface area contributed by atoms with Crippen LogP contribution in [0.5, 0.6) is 0 Å². The zero-order valence-electron chi connectivity index (χ0n) is 14.5. The van der Waals surface area contributed by atoms with Gasteiger partial charge >= 0.3 is 0 Å². The van der Waals surface area contributed by atoms with Crippen molar-refractivity contribution in [3.05, 3.63) is 47.5 Å². The second-order valence-corrected chi connectivity index (χ2v) is 7.57. The van der Waals surface area contributed by atoms with Gasteiger partial charge in [-0.3, -0.25) is 0 Å². The van der Waals surface area contributed by atoms with E-state index in [-0.39, 0.29) is 12.3 Å². The van der Waals surface area contributed by atoms with Crippen LogP contribution in [0.1, 0.15) is 11.4 Å². The van der Waals surface area contributed by atoms with E-state index in [9.17, 15) is 12.8 Å². The first kappa shape index (κ1) is 19.1. The lowest BCUT2D eigenvalue weighted by Gasteiger charge is -2.14. The Hall–Kier alpha value is -2.26. The van der Waals surface area contributed by atoms with Crippen molar-refractivity contribution in [2.24, 2.45) is 0 Å². The van der Waals surface area contributed by atoms with Crippen molar-refractivity contribution in [1.29, 1.82) is 0 Å². The van der Waals surface area contributed by atoms with E-state index < -0.39 is 15.8 Å². The highest BCUT2D eigenvalue weighted by atomic mass is 32.2. The summed E-state index contributed by atoms with van der Waals surface area (Å²) in [5, 5.41) is 3.06. The number of hydrogen-bond donors (Lipinski definition) is 2. The Morgan fingerprint density at radius 2 is 1.92 bits per heavy atom. The molecule has 0 unspecified atom stereocenters. The van der Waals surface area contributed by atoms with Crippen molar-refractivity contribution in [1.82, 2.24) is 14.7 Å². The maximum Gasteiger partial charge on any atom is 0.215 e. The molecule has 25 heavy (non-hydrogen) atoms. The molecule has 1 aromatic heterocycles. The van der Waals surface area contributed by atoms with Gasteiger partial charge in [0.25, 0.3) is 0 Å². The summed E-state index contributed by atoms with van der Waals surface area (Å²) in [5.41, 5.74) is 0.405. The van der Waals surface area contributed by atoms with Crippen LogP contribution in [0.2, 0.25) is 0 Å². The lowest BCUT2D eigenvalue weighted by Crippen LogP contribution is -2.30. The van der Waals surface area contributed by atoms with E-state index >= 15 is 0 Å². The predicted octanol–water partition coefficient (Wildman–Crippen LogP) is 1.52. The molecule has 2 N–H and O–H groups in total. The Morgan fingerprint density at radius 1 is 1.16 bits per heavy atom. The number of nitrogens with one attached hydrogen (secondary N) is 2. The molecule has 7 nitrogen and oxygen atoms in total. The highest BCUT2D eigenvalue weighted by molar-refractivity contribution is 7.88. The van der Waals surface area contributed by atoms with E-state index in [0.29, 0.717) is 23.8 Å². The molecular weight excluding hydrogens is 345 g/mol. The van der Waals surface area contributed by atoms with Gasteiger partial charge < -0.3 is 10.2 Å². The minimum Gasteiger partial charge on any atom is -0.369 e. The van der Waals surface area contributed by atoms with Gasteiger partial charge in [-0.05, 0) is 24.6 Å². The van der Waals surface area contributed by atoms with Gasteiger partial charge in [-0.2, -0.15) is 0 Å². The second-order valence-electron chi connectivity index (χ2n) is 5.76. The zero-order valence-corrected chi connectivity index (χ0v) is 15.3. The minimum atomic E-state index is -3.53. The van der Waals surface area contributed by atoms with Crippen LogP contribution in [-0.2, 0) is 15.8 Å². The Balaban J connectivity index is 1.86. The van der Waals surface area contributed by atoms with Crippen molar-refractivity contribution in [2.45, 2.75) is 12.7 Å². The van der Waals surface area contributed by atoms with E-state index in [2.05, 4.69) is 20.0 Å². The standard InChI is InChI=1S/C16H22FN5O2S/c1-12-20-15(10-16(21-12)22(2)3)18-7-8-19-25(23,24)11-13-5-4-6-14(17)9-13/h4-6,9-10,19H,7-8,11H2,1-3H3,(H,18,20,21). The monoisotopic (exact) mass is 367 g/mol. The van der Waals surface area contributed by atoms with E-state index in [1.165, 1.54) is 18.2 Å². The molecule has 1 aromatic carbocycles. The third-order valence-electron chi connectivity index (χ3n) is 3.28. The van der Waals surface area contributed by atoms with Crippen LogP contribution in [0.4, 0.5) is 16.0 Å². The van der Waals surface area contributed by atoms with E-state index in [4.69, 9.17) is 0 Å². The molecule has 136 valence electrons. The van der Waals surface area contributed by atoms with Crippen molar-refractivity contribution >= 4 is 21.7 Å². The SMILES string of the molecule is Cc1nc(NCCNS(=O)(=O)Cc2cccc(F)c2)cc(N(C)C)n1. The third-order valence-corrected chi connectivity index (χ3v) is 4.64. The average Bonchev–Trinajstić information content (AvgIpc) is 2.50. The third kappa shape index (κ3) is 6.28. The van der Waals surface area contributed by atoms with Crippen molar-refractivity contribution in [3.8, 4) is 0 Å². The quantitative estimate of drug-likeness (QED) is 0.688. The van der Waals surface area contributed by atoms with Crippen LogP contribution in [-0.4, -0.2) is 45.6 Å². The topological polar surface area (TPSA) is 87.2 Å². The number of anilines is 2. The molecular formula is C16H22FN5O2S. The molecule has 0 aliphatic rings. The zero-order chi connectivity index (χ0) is 18.4. The summed E-state index contributed by atoms with van der Waals surface area (Å²) in [7, 11) is 0.229. The van der Waals surface area contributed by atoms with E-state index in [1.807, 2.05) is 19.0 Å². The second kappa shape index (κ2) is 8.21.